The Morgan fingerprint density at radius 3 is 2.69 bits per heavy atom. The molecule has 29 heavy (non-hydrogen) atoms. The molecule has 4 N–H and O–H groups in total. The van der Waals surface area contributed by atoms with E-state index in [4.69, 9.17) is 11.1 Å². The average Bonchev–Trinajstić information content (AvgIpc) is 2.99. The van der Waals surface area contributed by atoms with Crippen molar-refractivity contribution in [2.45, 2.75) is 52.0 Å². The lowest BCUT2D eigenvalue weighted by atomic mass is 9.97. The molecule has 1 aliphatic carbocycles. The number of allylic oxidation sites excluding steroid dienone is 5. The van der Waals surface area contributed by atoms with Crippen LogP contribution in [0.25, 0.3) is 10.9 Å². The third-order valence-corrected chi connectivity index (χ3v) is 5.50. The number of aliphatic hydroxyl groups excluding tert-OH is 1. The third kappa shape index (κ3) is 3.59. The highest BCUT2D eigenvalue weighted by Crippen LogP contribution is 2.41. The number of nitrogens with two attached hydrogens (primary N) is 1. The van der Waals surface area contributed by atoms with Crippen LogP contribution >= 0.6 is 0 Å². The SMILES string of the molecule is C=C(O)CCc1c(C(C)C)n(C2C=C(C)C(F)=CC2)c2cc(C=N)c(N)c(F)c12. The van der Waals surface area contributed by atoms with Gasteiger partial charge in [0.2, 0.25) is 0 Å². The van der Waals surface area contributed by atoms with Gasteiger partial charge >= 0.3 is 0 Å². The first kappa shape index (κ1) is 20.8. The third-order valence-electron chi connectivity index (χ3n) is 5.50. The number of aromatic nitrogens is 1. The summed E-state index contributed by atoms with van der Waals surface area (Å²) in [5.41, 5.74) is 9.07. The molecule has 1 heterocycles. The lowest BCUT2D eigenvalue weighted by Crippen LogP contribution is -2.14. The van der Waals surface area contributed by atoms with Crippen molar-refractivity contribution in [1.82, 2.24) is 4.57 Å². The number of nitrogen functional groups attached to an aromatic ring is 1. The number of nitrogens with zero attached hydrogens (tertiary/aromatic N) is 1. The Bertz CT molecular complexity index is 1060. The van der Waals surface area contributed by atoms with Gasteiger partial charge in [-0.15, -0.1) is 0 Å². The second-order valence-electron chi connectivity index (χ2n) is 7.89. The van der Waals surface area contributed by atoms with Crippen LogP contribution in [0.15, 0.2) is 42.0 Å². The predicted molar refractivity (Wildman–Crippen MR) is 115 cm³/mol. The number of halogens is 2. The molecular formula is C23H27F2N3O. The molecule has 1 aromatic heterocycles. The standard InChI is InChI=1S/C23H27F2N3O/c1-12(2)23-17(7-5-14(4)29)20-19(10-15(11-26)22(27)21(20)25)28(23)16-6-8-18(24)13(3)9-16/h8-12,16,26,29H,4-7,27H2,1-3H3. The van der Waals surface area contributed by atoms with Crippen LogP contribution in [0.2, 0.25) is 0 Å². The van der Waals surface area contributed by atoms with E-state index in [2.05, 4.69) is 6.58 Å². The van der Waals surface area contributed by atoms with Crippen LogP contribution in [0.3, 0.4) is 0 Å². The molecule has 4 nitrogen and oxygen atoms in total. The van der Waals surface area contributed by atoms with Gasteiger partial charge in [0.25, 0.3) is 0 Å². The van der Waals surface area contributed by atoms with Crippen molar-refractivity contribution in [2.75, 3.05) is 5.73 Å². The Morgan fingerprint density at radius 1 is 1.45 bits per heavy atom. The number of hydrogen-bond donors (Lipinski definition) is 3. The summed E-state index contributed by atoms with van der Waals surface area (Å²) < 4.78 is 31.3. The van der Waals surface area contributed by atoms with Crippen LogP contribution in [0.1, 0.15) is 62.4 Å². The number of rotatable bonds is 6. The van der Waals surface area contributed by atoms with Crippen LogP contribution in [0.5, 0.6) is 0 Å². The van der Waals surface area contributed by atoms with E-state index >= 15 is 4.39 Å². The molecule has 1 aliphatic rings. The Kier molecular flexibility index (Phi) is 5.64. The first-order valence-electron chi connectivity index (χ1n) is 9.73. The molecule has 2 aromatic rings. The number of nitrogens with one attached hydrogen (secondary N) is 1. The fourth-order valence-electron chi connectivity index (χ4n) is 4.18. The average molecular weight is 399 g/mol. The summed E-state index contributed by atoms with van der Waals surface area (Å²) in [5, 5.41) is 17.6. The molecule has 1 unspecified atom stereocenters. The highest BCUT2D eigenvalue weighted by atomic mass is 19.1. The zero-order valence-electron chi connectivity index (χ0n) is 17.0. The molecule has 0 saturated heterocycles. The van der Waals surface area contributed by atoms with E-state index in [9.17, 15) is 9.50 Å². The van der Waals surface area contributed by atoms with Crippen molar-refractivity contribution in [3.63, 3.8) is 0 Å². The Hall–Kier alpha value is -2.89. The van der Waals surface area contributed by atoms with E-state index in [1.54, 1.807) is 19.1 Å². The molecule has 0 radical (unpaired) electrons. The lowest BCUT2D eigenvalue weighted by molar-refractivity contribution is 0.391. The number of hydrogen-bond acceptors (Lipinski definition) is 3. The van der Waals surface area contributed by atoms with Gasteiger partial charge in [-0.3, -0.25) is 0 Å². The number of aryl methyl sites for hydroxylation is 1. The summed E-state index contributed by atoms with van der Waals surface area (Å²) in [7, 11) is 0. The molecule has 0 spiro atoms. The van der Waals surface area contributed by atoms with Crippen molar-refractivity contribution in [1.29, 1.82) is 5.41 Å². The van der Waals surface area contributed by atoms with Crippen molar-refractivity contribution in [3.05, 3.63) is 64.6 Å². The van der Waals surface area contributed by atoms with Gasteiger partial charge in [-0.2, -0.15) is 0 Å². The number of fused-ring (bicyclic) bond motifs is 1. The molecule has 0 amide bonds. The molecule has 1 aromatic carbocycles. The minimum atomic E-state index is -0.557. The molecule has 0 aliphatic heterocycles. The molecular weight excluding hydrogens is 372 g/mol. The Labute approximate surface area is 169 Å². The van der Waals surface area contributed by atoms with E-state index in [-0.39, 0.29) is 29.2 Å². The Morgan fingerprint density at radius 2 is 2.14 bits per heavy atom. The fraction of sp³-hybridized carbons (Fsp3) is 0.348. The van der Waals surface area contributed by atoms with Gasteiger partial charge in [-0.05, 0) is 49.0 Å². The van der Waals surface area contributed by atoms with Gasteiger partial charge < -0.3 is 20.8 Å². The van der Waals surface area contributed by atoms with E-state index < -0.39 is 5.82 Å². The molecule has 0 fully saturated rings. The lowest BCUT2D eigenvalue weighted by Gasteiger charge is -2.24. The largest absolute Gasteiger partial charge is 0.513 e. The van der Waals surface area contributed by atoms with E-state index in [1.165, 1.54) is 0 Å². The summed E-state index contributed by atoms with van der Waals surface area (Å²) in [6.07, 6.45) is 5.61. The highest BCUT2D eigenvalue weighted by Gasteiger charge is 2.28. The minimum absolute atomic E-state index is 0.0310. The van der Waals surface area contributed by atoms with Gasteiger partial charge in [0.05, 0.1) is 23.0 Å². The summed E-state index contributed by atoms with van der Waals surface area (Å²) in [6, 6.07) is 1.55. The van der Waals surface area contributed by atoms with E-state index in [1.807, 2.05) is 24.5 Å². The van der Waals surface area contributed by atoms with Crippen molar-refractivity contribution in [2.24, 2.45) is 0 Å². The molecule has 154 valence electrons. The fourth-order valence-corrected chi connectivity index (χ4v) is 4.18. The predicted octanol–water partition coefficient (Wildman–Crippen LogP) is 6.23. The van der Waals surface area contributed by atoms with Gasteiger partial charge in [0, 0.05) is 29.3 Å². The minimum Gasteiger partial charge on any atom is -0.513 e. The van der Waals surface area contributed by atoms with Gasteiger partial charge in [0.15, 0.2) is 5.82 Å². The summed E-state index contributed by atoms with van der Waals surface area (Å²) in [6.45, 7) is 9.32. The van der Waals surface area contributed by atoms with Gasteiger partial charge in [-0.25, -0.2) is 8.78 Å². The van der Waals surface area contributed by atoms with E-state index in [0.717, 1.165) is 17.5 Å². The number of benzene rings is 1. The Balaban J connectivity index is 2.39. The maximum absolute atomic E-state index is 15.4. The topological polar surface area (TPSA) is 75.0 Å². The summed E-state index contributed by atoms with van der Waals surface area (Å²) in [5.74, 6) is -0.712. The number of aliphatic hydroxyl groups is 1. The monoisotopic (exact) mass is 399 g/mol. The second kappa shape index (κ2) is 7.85. The summed E-state index contributed by atoms with van der Waals surface area (Å²) >= 11 is 0. The van der Waals surface area contributed by atoms with Gasteiger partial charge in [-0.1, -0.05) is 26.5 Å². The maximum atomic E-state index is 15.4. The zero-order chi connectivity index (χ0) is 21.5. The van der Waals surface area contributed by atoms with Crippen LogP contribution in [-0.4, -0.2) is 15.9 Å². The van der Waals surface area contributed by atoms with Crippen molar-refractivity contribution in [3.8, 4) is 0 Å². The molecule has 3 rings (SSSR count). The maximum Gasteiger partial charge on any atom is 0.156 e. The second-order valence-corrected chi connectivity index (χ2v) is 7.89. The highest BCUT2D eigenvalue weighted by molar-refractivity contribution is 5.97. The van der Waals surface area contributed by atoms with Crippen LogP contribution in [-0.2, 0) is 6.42 Å². The quantitative estimate of drug-likeness (QED) is 0.306. The van der Waals surface area contributed by atoms with E-state index in [0.29, 0.717) is 41.3 Å². The summed E-state index contributed by atoms with van der Waals surface area (Å²) in [4.78, 5) is 0. The van der Waals surface area contributed by atoms with Gasteiger partial charge in [0.1, 0.15) is 5.83 Å². The smallest absolute Gasteiger partial charge is 0.156 e. The normalized spacial score (nSPS) is 16.8. The molecule has 0 bridgehead atoms. The molecule has 0 saturated carbocycles. The molecule has 1 atom stereocenters. The van der Waals surface area contributed by atoms with Crippen molar-refractivity contribution < 1.29 is 13.9 Å². The van der Waals surface area contributed by atoms with Crippen molar-refractivity contribution >= 4 is 22.8 Å². The zero-order valence-corrected chi connectivity index (χ0v) is 17.0. The number of anilines is 1. The van der Waals surface area contributed by atoms with Crippen LogP contribution < -0.4 is 5.73 Å². The molecule has 6 heteroatoms. The first-order valence-corrected chi connectivity index (χ1v) is 9.73. The van der Waals surface area contributed by atoms with Crippen LogP contribution in [0.4, 0.5) is 14.5 Å². The first-order chi connectivity index (χ1) is 13.7. The van der Waals surface area contributed by atoms with Crippen LogP contribution in [0, 0.1) is 11.2 Å².